The molecule has 17 nitrogen and oxygen atoms in total. The van der Waals surface area contributed by atoms with Crippen molar-refractivity contribution in [2.75, 3.05) is 125 Å². The predicted octanol–water partition coefficient (Wildman–Crippen LogP) is -1.22. The minimum Gasteiger partial charge on any atom is -0.480 e. The van der Waals surface area contributed by atoms with E-state index in [0.717, 1.165) is 25.7 Å². The van der Waals surface area contributed by atoms with E-state index in [-0.39, 0.29) is 45.2 Å². The zero-order chi connectivity index (χ0) is 36.1. The monoisotopic (exact) mass is 710 g/mol. The lowest BCUT2D eigenvalue weighted by molar-refractivity contribution is -0.140. The van der Waals surface area contributed by atoms with Crippen molar-refractivity contribution in [1.82, 2.24) is 30.2 Å². The van der Waals surface area contributed by atoms with Gasteiger partial charge < -0.3 is 40.2 Å². The van der Waals surface area contributed by atoms with Gasteiger partial charge in [0.15, 0.2) is 0 Å². The zero-order valence-corrected chi connectivity index (χ0v) is 28.9. The van der Waals surface area contributed by atoms with Gasteiger partial charge in [-0.3, -0.25) is 38.8 Å². The lowest BCUT2D eigenvalue weighted by Crippen LogP contribution is -2.50. The van der Waals surface area contributed by atoms with E-state index in [1.165, 1.54) is 0 Å². The van der Waals surface area contributed by atoms with Crippen molar-refractivity contribution >= 4 is 29.9 Å². The van der Waals surface area contributed by atoms with Crippen molar-refractivity contribution in [3.8, 4) is 11.8 Å². The predicted molar refractivity (Wildman–Crippen MR) is 179 cm³/mol. The van der Waals surface area contributed by atoms with E-state index in [4.69, 9.17) is 14.2 Å². The molecule has 2 fully saturated rings. The molecule has 5 N–H and O–H groups in total. The highest BCUT2D eigenvalue weighted by Gasteiger charge is 2.49. The number of nitrogens with zero attached hydrogens (tertiary/aromatic N) is 4. The Kier molecular flexibility index (Phi) is 18.8. The highest BCUT2D eigenvalue weighted by Crippen LogP contribution is 2.52. The summed E-state index contributed by atoms with van der Waals surface area (Å²) in [5.74, 6) is 4.76. The van der Waals surface area contributed by atoms with Crippen molar-refractivity contribution in [2.24, 2.45) is 17.8 Å². The van der Waals surface area contributed by atoms with Gasteiger partial charge in [0, 0.05) is 78.3 Å². The molecule has 1 saturated heterocycles. The van der Waals surface area contributed by atoms with Gasteiger partial charge in [-0.25, -0.2) is 4.79 Å². The van der Waals surface area contributed by atoms with Gasteiger partial charge in [0.1, 0.15) is 0 Å². The number of carbonyl (C=O) groups is 5. The Morgan fingerprint density at radius 2 is 0.980 bits per heavy atom. The molecule has 0 aromatic rings. The van der Waals surface area contributed by atoms with E-state index in [2.05, 4.69) is 22.5 Å². The summed E-state index contributed by atoms with van der Waals surface area (Å²) in [6.45, 7) is 4.17. The third-order valence-corrected chi connectivity index (χ3v) is 9.08. The molecule has 0 bridgehead atoms. The van der Waals surface area contributed by atoms with Gasteiger partial charge in [0.2, 0.25) is 5.91 Å². The van der Waals surface area contributed by atoms with Crippen LogP contribution in [0.3, 0.4) is 0 Å². The van der Waals surface area contributed by atoms with E-state index in [0.29, 0.717) is 103 Å². The Labute approximate surface area is 293 Å². The van der Waals surface area contributed by atoms with Gasteiger partial charge in [0.25, 0.3) is 0 Å². The molecule has 3 atom stereocenters. The fourth-order valence-corrected chi connectivity index (χ4v) is 6.36. The largest absolute Gasteiger partial charge is 0.480 e. The van der Waals surface area contributed by atoms with Gasteiger partial charge >= 0.3 is 24.0 Å². The normalized spacial score (nSPS) is 22.6. The summed E-state index contributed by atoms with van der Waals surface area (Å²) in [6, 6.07) is 0. The molecule has 0 radical (unpaired) electrons. The van der Waals surface area contributed by atoms with Gasteiger partial charge in [-0.05, 0) is 30.6 Å². The number of amides is 2. The van der Waals surface area contributed by atoms with Crippen LogP contribution < -0.4 is 10.6 Å². The summed E-state index contributed by atoms with van der Waals surface area (Å²) in [5.41, 5.74) is 0. The first kappa shape index (κ1) is 40.9. The first-order valence-corrected chi connectivity index (χ1v) is 17.4. The van der Waals surface area contributed by atoms with Crippen LogP contribution >= 0.6 is 0 Å². The highest BCUT2D eigenvalue weighted by molar-refractivity contribution is 5.78. The molecule has 2 amide bonds. The van der Waals surface area contributed by atoms with Crippen molar-refractivity contribution in [3.63, 3.8) is 0 Å². The van der Waals surface area contributed by atoms with Crippen LogP contribution in [0.2, 0.25) is 0 Å². The standard InChI is InChI=1S/C33H54N6O11/c40-29(34-7-17-48-19-20-49-18-8-35-33(47)50-25-28-26-5-3-1-2-4-6-27(26)28)21-36-9-11-37(22-30(41)42)13-15-39(24-32(45)46)16-14-38(12-10-36)23-31(43)44/h26-28H,3-25H2,(H,34,40)(H,35,47)(H,41,42)(H,43,44)(H,45,46)/t26-,27+,28?. The summed E-state index contributed by atoms with van der Waals surface area (Å²) in [4.78, 5) is 65.9. The molecule has 3 aliphatic rings. The minimum absolute atomic E-state index is 0.0300. The average molecular weight is 711 g/mol. The molecular weight excluding hydrogens is 656 g/mol. The number of carboxylic acids is 3. The zero-order valence-electron chi connectivity index (χ0n) is 28.9. The number of fused-ring (bicyclic) bond motifs is 1. The fraction of sp³-hybridized carbons (Fsp3) is 0.788. The molecule has 1 saturated carbocycles. The molecule has 1 aliphatic heterocycles. The third-order valence-electron chi connectivity index (χ3n) is 9.08. The summed E-state index contributed by atoms with van der Waals surface area (Å²) in [7, 11) is 0. The Balaban J connectivity index is 1.28. The number of hydrogen-bond donors (Lipinski definition) is 5. The van der Waals surface area contributed by atoms with Gasteiger partial charge in [-0.2, -0.15) is 0 Å². The quantitative estimate of drug-likeness (QED) is 0.0786. The second kappa shape index (κ2) is 23.0. The van der Waals surface area contributed by atoms with Crippen LogP contribution in [0.1, 0.15) is 25.7 Å². The van der Waals surface area contributed by atoms with Gasteiger partial charge in [-0.15, -0.1) is 11.8 Å². The van der Waals surface area contributed by atoms with Crippen LogP contribution in [0, 0.1) is 29.6 Å². The van der Waals surface area contributed by atoms with Crippen molar-refractivity contribution < 1.29 is 53.5 Å². The number of nitrogens with one attached hydrogen (secondary N) is 2. The molecule has 3 rings (SSSR count). The molecule has 2 aliphatic carbocycles. The maximum absolute atomic E-state index is 12.7. The van der Waals surface area contributed by atoms with E-state index in [9.17, 15) is 39.3 Å². The lowest BCUT2D eigenvalue weighted by atomic mass is 10.1. The molecule has 0 aromatic carbocycles. The van der Waals surface area contributed by atoms with E-state index >= 15 is 0 Å². The molecule has 50 heavy (non-hydrogen) atoms. The molecule has 0 spiro atoms. The van der Waals surface area contributed by atoms with E-state index in [1.54, 1.807) is 14.7 Å². The number of aliphatic carboxylic acids is 3. The molecule has 17 heteroatoms. The molecule has 1 heterocycles. The smallest absolute Gasteiger partial charge is 0.407 e. The van der Waals surface area contributed by atoms with E-state index < -0.39 is 24.0 Å². The van der Waals surface area contributed by atoms with Crippen LogP contribution in [-0.4, -0.2) is 189 Å². The summed E-state index contributed by atoms with van der Waals surface area (Å²) in [6.07, 6.45) is 3.58. The van der Waals surface area contributed by atoms with Crippen LogP contribution in [0.25, 0.3) is 0 Å². The van der Waals surface area contributed by atoms with Crippen LogP contribution in [0.15, 0.2) is 0 Å². The second-order valence-electron chi connectivity index (χ2n) is 12.8. The van der Waals surface area contributed by atoms with Crippen LogP contribution in [0.5, 0.6) is 0 Å². The maximum Gasteiger partial charge on any atom is 0.407 e. The second-order valence-corrected chi connectivity index (χ2v) is 12.8. The topological polar surface area (TPSA) is 211 Å². The Hall–Kier alpha value is -3.53. The van der Waals surface area contributed by atoms with Crippen molar-refractivity contribution in [2.45, 2.75) is 25.7 Å². The SMILES string of the molecule is O=C(O)CN1CCN(CC(=O)O)CCN(CC(=O)NCCOCCOCCNC(=O)OCC2[C@H]3CCC#CCC[C@@H]23)CCN(CC(=O)O)CC1. The number of hydrogen-bond acceptors (Lipinski definition) is 12. The third kappa shape index (κ3) is 17.4. The Bertz CT molecular complexity index is 1110. The van der Waals surface area contributed by atoms with Gasteiger partial charge in [-0.1, -0.05) is 0 Å². The molecule has 282 valence electrons. The number of alkyl carbamates (subject to hydrolysis) is 1. The molecular formula is C33H54N6O11. The van der Waals surface area contributed by atoms with E-state index in [1.807, 2.05) is 4.90 Å². The Morgan fingerprint density at radius 3 is 1.40 bits per heavy atom. The van der Waals surface area contributed by atoms with Gasteiger partial charge in [0.05, 0.1) is 59.2 Å². The van der Waals surface area contributed by atoms with Crippen molar-refractivity contribution in [3.05, 3.63) is 0 Å². The van der Waals surface area contributed by atoms with Crippen LogP contribution in [-0.2, 0) is 33.4 Å². The number of carboxylic acid groups (broad SMARTS) is 3. The van der Waals surface area contributed by atoms with Crippen molar-refractivity contribution in [1.29, 1.82) is 0 Å². The first-order chi connectivity index (χ1) is 24.1. The summed E-state index contributed by atoms with van der Waals surface area (Å²) in [5, 5.41) is 33.5. The number of ether oxygens (including phenoxy) is 3. The Morgan fingerprint density at radius 1 is 0.580 bits per heavy atom. The minimum atomic E-state index is -1.02. The average Bonchev–Trinajstić information content (AvgIpc) is 3.69. The number of carbonyl (C=O) groups excluding carboxylic acids is 2. The summed E-state index contributed by atoms with van der Waals surface area (Å²) >= 11 is 0. The summed E-state index contributed by atoms with van der Waals surface area (Å²) < 4.78 is 16.4. The lowest BCUT2D eigenvalue weighted by Gasteiger charge is -2.32. The molecule has 1 unspecified atom stereocenters. The highest BCUT2D eigenvalue weighted by atomic mass is 16.6. The fourth-order valence-electron chi connectivity index (χ4n) is 6.36. The van der Waals surface area contributed by atoms with Crippen LogP contribution in [0.4, 0.5) is 4.79 Å². The first-order valence-electron chi connectivity index (χ1n) is 17.4. The molecule has 0 aromatic heterocycles. The maximum atomic E-state index is 12.7. The number of rotatable bonds is 19.